The summed E-state index contributed by atoms with van der Waals surface area (Å²) in [7, 11) is 0. The van der Waals surface area contributed by atoms with Gasteiger partial charge in [0.25, 0.3) is 0 Å². The van der Waals surface area contributed by atoms with E-state index in [1.165, 1.54) is 22.2 Å². The molecule has 4 aromatic rings. The molecule has 1 fully saturated rings. The first-order valence-electron chi connectivity index (χ1n) is 12.2. The summed E-state index contributed by atoms with van der Waals surface area (Å²) in [5, 5.41) is 0. The number of imidazole rings is 1. The summed E-state index contributed by atoms with van der Waals surface area (Å²) in [4.78, 5) is 10.0. The fraction of sp³-hybridized carbons (Fsp3) is 0.345. The molecule has 1 aliphatic heterocycles. The maximum Gasteiger partial charge on any atom is 0.106 e. The number of hydrogen-bond donors (Lipinski definition) is 0. The third kappa shape index (κ3) is 5.07. The van der Waals surface area contributed by atoms with E-state index in [-0.39, 0.29) is 5.48 Å². The molecule has 0 saturated carbocycles. The molecule has 1 aliphatic rings. The summed E-state index contributed by atoms with van der Waals surface area (Å²) in [6, 6.07) is 29.0. The van der Waals surface area contributed by atoms with Crippen molar-refractivity contribution in [3.63, 3.8) is 0 Å². The zero-order chi connectivity index (χ0) is 22.6. The van der Waals surface area contributed by atoms with Crippen LogP contribution in [-0.4, -0.2) is 57.6 Å². The largest absolute Gasteiger partial charge is 0.412 e. The SMILES string of the molecule is CCn1c(C)nc2cc(CCN3CCN(C(c4ccccc4)c4ccccc4)CC3)ccc21.O. The molecule has 5 heteroatoms. The van der Waals surface area contributed by atoms with Crippen molar-refractivity contribution < 1.29 is 5.48 Å². The first-order chi connectivity index (χ1) is 16.2. The Balaban J connectivity index is 0.00000274. The number of aromatic nitrogens is 2. The quantitative estimate of drug-likeness (QED) is 0.412. The number of benzene rings is 3. The van der Waals surface area contributed by atoms with Crippen LogP contribution in [0.25, 0.3) is 11.0 Å². The number of nitrogens with zero attached hydrogens (tertiary/aromatic N) is 4. The van der Waals surface area contributed by atoms with E-state index in [2.05, 4.69) is 107 Å². The summed E-state index contributed by atoms with van der Waals surface area (Å²) in [5.74, 6) is 1.10. The second-order valence-electron chi connectivity index (χ2n) is 9.08. The van der Waals surface area contributed by atoms with E-state index >= 15 is 0 Å². The Morgan fingerprint density at radius 3 is 2.03 bits per heavy atom. The maximum atomic E-state index is 4.77. The van der Waals surface area contributed by atoms with Crippen LogP contribution in [0.4, 0.5) is 0 Å². The molecule has 0 radical (unpaired) electrons. The standard InChI is InChI=1S/C29H34N4.H2O/c1-3-33-23(2)30-27-22-24(14-15-28(27)33)16-17-31-18-20-32(21-19-31)29(25-10-6-4-7-11-25)26-12-8-5-9-13-26;/h4-15,22,29H,3,16-21H2,1-2H3;1H2. The molecule has 0 unspecified atom stereocenters. The third-order valence-corrected chi connectivity index (χ3v) is 7.04. The minimum Gasteiger partial charge on any atom is -0.412 e. The lowest BCUT2D eigenvalue weighted by atomic mass is 9.96. The van der Waals surface area contributed by atoms with Crippen LogP contribution in [0.1, 0.15) is 35.5 Å². The van der Waals surface area contributed by atoms with E-state index in [1.807, 2.05) is 0 Å². The van der Waals surface area contributed by atoms with Crippen LogP contribution in [0.3, 0.4) is 0 Å². The molecule has 5 rings (SSSR count). The van der Waals surface area contributed by atoms with Crippen LogP contribution >= 0.6 is 0 Å². The smallest absolute Gasteiger partial charge is 0.106 e. The molecule has 0 bridgehead atoms. The number of piperazine rings is 1. The maximum absolute atomic E-state index is 4.77. The van der Waals surface area contributed by atoms with Gasteiger partial charge in [0.15, 0.2) is 0 Å². The van der Waals surface area contributed by atoms with Gasteiger partial charge in [-0.25, -0.2) is 4.98 Å². The van der Waals surface area contributed by atoms with E-state index in [0.717, 1.165) is 57.0 Å². The van der Waals surface area contributed by atoms with Crippen LogP contribution in [0.5, 0.6) is 0 Å². The molecule has 178 valence electrons. The van der Waals surface area contributed by atoms with E-state index in [4.69, 9.17) is 4.98 Å². The Bertz CT molecular complexity index is 1140. The van der Waals surface area contributed by atoms with Crippen molar-refractivity contribution in [3.05, 3.63) is 101 Å². The summed E-state index contributed by atoms with van der Waals surface area (Å²) in [5.41, 5.74) is 6.53. The summed E-state index contributed by atoms with van der Waals surface area (Å²) in [6.07, 6.45) is 1.08. The number of fused-ring (bicyclic) bond motifs is 1. The van der Waals surface area contributed by atoms with Gasteiger partial charge in [0, 0.05) is 39.3 Å². The molecule has 1 aromatic heterocycles. The minimum absolute atomic E-state index is 0. The van der Waals surface area contributed by atoms with Crippen LogP contribution in [0.15, 0.2) is 78.9 Å². The third-order valence-electron chi connectivity index (χ3n) is 7.04. The summed E-state index contributed by atoms with van der Waals surface area (Å²) >= 11 is 0. The fourth-order valence-corrected chi connectivity index (χ4v) is 5.27. The Labute approximate surface area is 203 Å². The van der Waals surface area contributed by atoms with Gasteiger partial charge in [0.1, 0.15) is 5.82 Å². The molecular formula is C29H36N4O. The van der Waals surface area contributed by atoms with Gasteiger partial charge < -0.3 is 14.9 Å². The second-order valence-corrected chi connectivity index (χ2v) is 9.08. The molecule has 2 N–H and O–H groups in total. The Morgan fingerprint density at radius 1 is 0.824 bits per heavy atom. The van der Waals surface area contributed by atoms with Gasteiger partial charge in [0.2, 0.25) is 0 Å². The van der Waals surface area contributed by atoms with Crippen molar-refractivity contribution in [3.8, 4) is 0 Å². The van der Waals surface area contributed by atoms with Gasteiger partial charge in [-0.2, -0.15) is 0 Å². The predicted molar refractivity (Wildman–Crippen MR) is 140 cm³/mol. The van der Waals surface area contributed by atoms with Crippen molar-refractivity contribution in [2.24, 2.45) is 0 Å². The molecule has 0 amide bonds. The van der Waals surface area contributed by atoms with E-state index in [0.29, 0.717) is 6.04 Å². The lowest BCUT2D eigenvalue weighted by Crippen LogP contribution is -2.48. The fourth-order valence-electron chi connectivity index (χ4n) is 5.27. The van der Waals surface area contributed by atoms with Crippen molar-refractivity contribution in [1.82, 2.24) is 19.4 Å². The molecule has 1 saturated heterocycles. The van der Waals surface area contributed by atoms with Gasteiger partial charge in [-0.1, -0.05) is 66.7 Å². The second kappa shape index (κ2) is 11.0. The van der Waals surface area contributed by atoms with Crippen molar-refractivity contribution in [2.75, 3.05) is 32.7 Å². The number of rotatable bonds is 7. The first-order valence-corrected chi connectivity index (χ1v) is 12.2. The zero-order valence-electron chi connectivity index (χ0n) is 20.3. The highest BCUT2D eigenvalue weighted by Gasteiger charge is 2.26. The first kappa shape index (κ1) is 24.1. The van der Waals surface area contributed by atoms with Crippen molar-refractivity contribution in [1.29, 1.82) is 0 Å². The molecule has 5 nitrogen and oxygen atoms in total. The summed E-state index contributed by atoms with van der Waals surface area (Å²) in [6.45, 7) is 10.8. The van der Waals surface area contributed by atoms with Gasteiger partial charge in [-0.05, 0) is 49.1 Å². The van der Waals surface area contributed by atoms with Crippen molar-refractivity contribution in [2.45, 2.75) is 32.9 Å². The minimum atomic E-state index is 0. The van der Waals surface area contributed by atoms with Crippen LogP contribution in [-0.2, 0) is 13.0 Å². The van der Waals surface area contributed by atoms with Crippen LogP contribution < -0.4 is 0 Å². The monoisotopic (exact) mass is 456 g/mol. The topological polar surface area (TPSA) is 55.8 Å². The average molecular weight is 457 g/mol. The van der Waals surface area contributed by atoms with Crippen LogP contribution in [0, 0.1) is 6.92 Å². The lowest BCUT2D eigenvalue weighted by molar-refractivity contribution is 0.110. The Kier molecular flexibility index (Phi) is 7.78. The lowest BCUT2D eigenvalue weighted by Gasteiger charge is -2.39. The van der Waals surface area contributed by atoms with E-state index in [1.54, 1.807) is 0 Å². The molecule has 0 atom stereocenters. The van der Waals surface area contributed by atoms with Gasteiger partial charge in [-0.15, -0.1) is 0 Å². The molecule has 0 spiro atoms. The molecule has 34 heavy (non-hydrogen) atoms. The average Bonchev–Trinajstić information content (AvgIpc) is 3.19. The molecular weight excluding hydrogens is 420 g/mol. The van der Waals surface area contributed by atoms with Gasteiger partial charge >= 0.3 is 0 Å². The Morgan fingerprint density at radius 2 is 1.44 bits per heavy atom. The normalized spacial score (nSPS) is 15.0. The Hall–Kier alpha value is -2.99. The molecule has 3 aromatic carbocycles. The van der Waals surface area contributed by atoms with Crippen LogP contribution in [0.2, 0.25) is 0 Å². The van der Waals surface area contributed by atoms with E-state index in [9.17, 15) is 0 Å². The summed E-state index contributed by atoms with van der Waals surface area (Å²) < 4.78 is 2.29. The van der Waals surface area contributed by atoms with Crippen molar-refractivity contribution >= 4 is 11.0 Å². The van der Waals surface area contributed by atoms with Gasteiger partial charge in [0.05, 0.1) is 17.1 Å². The molecule has 2 heterocycles. The van der Waals surface area contributed by atoms with E-state index < -0.39 is 0 Å². The van der Waals surface area contributed by atoms with Gasteiger partial charge in [-0.3, -0.25) is 4.90 Å². The predicted octanol–water partition coefficient (Wildman–Crippen LogP) is 4.49. The molecule has 0 aliphatic carbocycles. The highest BCUT2D eigenvalue weighted by molar-refractivity contribution is 5.76. The number of hydrogen-bond acceptors (Lipinski definition) is 3. The zero-order valence-corrected chi connectivity index (χ0v) is 20.3. The number of aryl methyl sites for hydroxylation is 2. The highest BCUT2D eigenvalue weighted by atomic mass is 16.0. The highest BCUT2D eigenvalue weighted by Crippen LogP contribution is 2.29.